The number of urea groups is 1. The first-order chi connectivity index (χ1) is 22.3. The van der Waals surface area contributed by atoms with Gasteiger partial charge in [-0.2, -0.15) is 0 Å². The first-order valence-corrected chi connectivity index (χ1v) is 20.6. The van der Waals surface area contributed by atoms with Gasteiger partial charge in [-0.3, -0.25) is 10.2 Å². The van der Waals surface area contributed by atoms with E-state index in [9.17, 15) is 9.59 Å². The second kappa shape index (κ2) is 14.6. The van der Waals surface area contributed by atoms with E-state index in [1.165, 1.54) is 0 Å². The number of methoxy groups -OCH3 is 1. The summed E-state index contributed by atoms with van der Waals surface area (Å²) >= 11 is 1.59. The molecule has 0 saturated carbocycles. The van der Waals surface area contributed by atoms with Crippen LogP contribution in [0.2, 0.25) is 25.7 Å². The highest BCUT2D eigenvalue weighted by Crippen LogP contribution is 2.39. The summed E-state index contributed by atoms with van der Waals surface area (Å²) in [6.45, 7) is 17.4. The largest absolute Gasteiger partial charge is 0.496 e. The molecule has 1 aliphatic heterocycles. The van der Waals surface area contributed by atoms with E-state index < -0.39 is 13.7 Å². The maximum Gasteiger partial charge on any atom is 0.410 e. The van der Waals surface area contributed by atoms with Gasteiger partial charge in [0.15, 0.2) is 0 Å². The van der Waals surface area contributed by atoms with E-state index >= 15 is 0 Å². The van der Waals surface area contributed by atoms with Crippen LogP contribution in [0, 0.1) is 0 Å². The van der Waals surface area contributed by atoms with Gasteiger partial charge in [-0.1, -0.05) is 19.6 Å². The molecule has 0 aliphatic carbocycles. The van der Waals surface area contributed by atoms with Crippen LogP contribution in [0.4, 0.5) is 15.4 Å². The Morgan fingerprint density at radius 1 is 1.06 bits per heavy atom. The van der Waals surface area contributed by atoms with Gasteiger partial charge < -0.3 is 29.0 Å². The molecule has 5 rings (SSSR count). The van der Waals surface area contributed by atoms with E-state index in [1.54, 1.807) is 23.3 Å². The summed E-state index contributed by atoms with van der Waals surface area (Å²) in [6.07, 6.45) is 1.76. The molecule has 4 heterocycles. The summed E-state index contributed by atoms with van der Waals surface area (Å²) in [6, 6.07) is 8.60. The number of piperazine rings is 1. The summed E-state index contributed by atoms with van der Waals surface area (Å²) in [4.78, 5) is 38.5. The third-order valence-corrected chi connectivity index (χ3v) is 10.4. The molecule has 1 saturated heterocycles. The minimum Gasteiger partial charge on any atom is -0.496 e. The zero-order valence-corrected chi connectivity index (χ0v) is 30.3. The van der Waals surface area contributed by atoms with E-state index in [2.05, 4.69) is 46.2 Å². The van der Waals surface area contributed by atoms with Crippen molar-refractivity contribution in [1.82, 2.24) is 29.7 Å². The van der Waals surface area contributed by atoms with E-state index in [0.29, 0.717) is 51.0 Å². The van der Waals surface area contributed by atoms with Gasteiger partial charge in [0.25, 0.3) is 0 Å². The summed E-state index contributed by atoms with van der Waals surface area (Å²) in [7, 11) is 0.422. The Morgan fingerprint density at radius 2 is 1.83 bits per heavy atom. The average molecular weight is 682 g/mol. The van der Waals surface area contributed by atoms with Gasteiger partial charge in [0.05, 0.1) is 22.8 Å². The molecule has 0 radical (unpaired) electrons. The number of aromatic nitrogens is 3. The van der Waals surface area contributed by atoms with E-state index in [0.717, 1.165) is 51.6 Å². The molecular formula is C33H47N7O5SSi. The number of carbonyl (C=O) groups excluding carboxylic acids is 2. The van der Waals surface area contributed by atoms with Crippen LogP contribution in [-0.2, 0) is 16.2 Å². The molecule has 0 unspecified atom stereocenters. The molecular weight excluding hydrogens is 635 g/mol. The van der Waals surface area contributed by atoms with E-state index in [1.807, 2.05) is 55.2 Å². The smallest absolute Gasteiger partial charge is 0.410 e. The molecule has 0 bridgehead atoms. The predicted octanol–water partition coefficient (Wildman–Crippen LogP) is 6.31. The van der Waals surface area contributed by atoms with Gasteiger partial charge in [-0.05, 0) is 45.0 Å². The molecule has 14 heteroatoms. The number of anilines is 1. The fraction of sp³-hybridized carbons (Fsp3) is 0.515. The lowest BCUT2D eigenvalue weighted by atomic mass is 10.0. The van der Waals surface area contributed by atoms with E-state index in [-0.39, 0.29) is 12.1 Å². The number of amides is 3. The van der Waals surface area contributed by atoms with Gasteiger partial charge in [0.1, 0.15) is 29.5 Å². The maximum absolute atomic E-state index is 12.9. The topological polar surface area (TPSA) is 123 Å². The van der Waals surface area contributed by atoms with Crippen molar-refractivity contribution in [1.29, 1.82) is 0 Å². The second-order valence-electron chi connectivity index (χ2n) is 14.0. The summed E-state index contributed by atoms with van der Waals surface area (Å²) in [5.41, 5.74) is 4.84. The van der Waals surface area contributed by atoms with Gasteiger partial charge in [-0.15, -0.1) is 11.3 Å². The Hall–Kier alpha value is -3.72. The monoisotopic (exact) mass is 681 g/mol. The highest BCUT2D eigenvalue weighted by Gasteiger charge is 2.26. The highest BCUT2D eigenvalue weighted by atomic mass is 32.1. The molecule has 254 valence electrons. The summed E-state index contributed by atoms with van der Waals surface area (Å²) in [5, 5.41) is 6.76. The second-order valence-corrected chi connectivity index (χ2v) is 20.5. The summed E-state index contributed by atoms with van der Waals surface area (Å²) < 4.78 is 20.4. The van der Waals surface area contributed by atoms with Crippen LogP contribution >= 0.6 is 11.3 Å². The fourth-order valence-electron chi connectivity index (χ4n) is 5.32. The SMILES string of the molecule is COc1cc2ncsc2cc1-c1cn(COCC[Si](C)(C)C)c2nc(NC(=O)NCCN3CCN(C(=O)OC(C)(C)C)CC3)ccc12. The van der Waals surface area contributed by atoms with Crippen LogP contribution in [0.3, 0.4) is 0 Å². The van der Waals surface area contributed by atoms with Crippen molar-refractivity contribution in [3.63, 3.8) is 0 Å². The van der Waals surface area contributed by atoms with Crippen LogP contribution < -0.4 is 15.4 Å². The molecule has 2 N–H and O–H groups in total. The van der Waals surface area contributed by atoms with Crippen molar-refractivity contribution in [2.75, 3.05) is 58.3 Å². The Labute approximate surface area is 281 Å². The predicted molar refractivity (Wildman–Crippen MR) is 190 cm³/mol. The number of fused-ring (bicyclic) bond motifs is 2. The quantitative estimate of drug-likeness (QED) is 0.140. The number of ether oxygens (including phenoxy) is 3. The highest BCUT2D eigenvalue weighted by molar-refractivity contribution is 7.16. The summed E-state index contributed by atoms with van der Waals surface area (Å²) in [5.74, 6) is 1.17. The molecule has 47 heavy (non-hydrogen) atoms. The number of pyridine rings is 1. The third kappa shape index (κ3) is 9.21. The number of hydrogen-bond acceptors (Lipinski definition) is 9. The maximum atomic E-state index is 12.9. The van der Waals surface area contributed by atoms with Crippen molar-refractivity contribution < 1.29 is 23.8 Å². The molecule has 1 fully saturated rings. The van der Waals surface area contributed by atoms with Crippen molar-refractivity contribution in [3.8, 4) is 16.9 Å². The fourth-order valence-corrected chi connectivity index (χ4v) is 6.78. The van der Waals surface area contributed by atoms with Crippen LogP contribution in [0.25, 0.3) is 32.4 Å². The number of carbonyl (C=O) groups is 2. The molecule has 3 aromatic heterocycles. The number of hydrogen-bond donors (Lipinski definition) is 2. The van der Waals surface area contributed by atoms with Crippen molar-refractivity contribution in [2.24, 2.45) is 0 Å². The standard InChI is InChI=1S/C33H47N7O5SSi/c1-33(2,3)45-32(42)39-14-12-38(13-15-39)11-10-34-31(41)37-29-9-8-23-25(24-18-28-26(35-21-46-28)19-27(24)43-4)20-40(30(23)36-29)22-44-16-17-47(5,6)7/h8-9,18-21H,10-17,22H2,1-7H3,(H2,34,36,37,41). The number of thiazole rings is 1. The average Bonchev–Trinajstić information content (AvgIpc) is 3.61. The van der Waals surface area contributed by atoms with Crippen LogP contribution in [0.1, 0.15) is 20.8 Å². The molecule has 1 aromatic carbocycles. The zero-order valence-electron chi connectivity index (χ0n) is 28.5. The van der Waals surface area contributed by atoms with Crippen molar-refractivity contribution >= 4 is 58.6 Å². The lowest BCUT2D eigenvalue weighted by Crippen LogP contribution is -2.51. The van der Waals surface area contributed by atoms with Gasteiger partial charge in [0.2, 0.25) is 0 Å². The lowest BCUT2D eigenvalue weighted by molar-refractivity contribution is 0.0147. The van der Waals surface area contributed by atoms with Gasteiger partial charge in [-0.25, -0.2) is 19.6 Å². The Kier molecular flexibility index (Phi) is 10.7. The minimum atomic E-state index is -1.24. The molecule has 12 nitrogen and oxygen atoms in total. The number of nitrogens with one attached hydrogen (secondary N) is 2. The molecule has 0 spiro atoms. The number of nitrogens with zero attached hydrogens (tertiary/aromatic N) is 5. The molecule has 4 aromatic rings. The van der Waals surface area contributed by atoms with Gasteiger partial charge >= 0.3 is 12.1 Å². The molecule has 1 aliphatic rings. The van der Waals surface area contributed by atoms with Crippen molar-refractivity contribution in [3.05, 3.63) is 36.0 Å². The van der Waals surface area contributed by atoms with Crippen LogP contribution in [0.15, 0.2) is 36.0 Å². The van der Waals surface area contributed by atoms with Crippen molar-refractivity contribution in [2.45, 2.75) is 58.8 Å². The molecule has 0 atom stereocenters. The zero-order chi connectivity index (χ0) is 33.8. The number of rotatable bonds is 11. The van der Waals surface area contributed by atoms with Crippen LogP contribution in [-0.4, -0.2) is 103 Å². The first kappa shape index (κ1) is 34.6. The third-order valence-electron chi connectivity index (χ3n) is 7.87. The van der Waals surface area contributed by atoms with Gasteiger partial charge in [0, 0.05) is 82.7 Å². The van der Waals surface area contributed by atoms with Crippen LogP contribution in [0.5, 0.6) is 5.75 Å². The Balaban J connectivity index is 1.24. The lowest BCUT2D eigenvalue weighted by Gasteiger charge is -2.35. The first-order valence-electron chi connectivity index (χ1n) is 16.0. The molecule has 3 amide bonds. The normalized spacial score (nSPS) is 14.5. The van der Waals surface area contributed by atoms with E-state index in [4.69, 9.17) is 19.2 Å². The Morgan fingerprint density at radius 3 is 2.53 bits per heavy atom. The Bertz CT molecular complexity index is 1700. The number of benzene rings is 1. The minimum absolute atomic E-state index is 0.282.